The summed E-state index contributed by atoms with van der Waals surface area (Å²) in [4.78, 5) is 0. The third-order valence-corrected chi connectivity index (χ3v) is 3.31. The van der Waals surface area contributed by atoms with Crippen LogP contribution >= 0.6 is 23.2 Å². The Morgan fingerprint density at radius 3 is 2.50 bits per heavy atom. The first kappa shape index (κ1) is 10.1. The van der Waals surface area contributed by atoms with Crippen molar-refractivity contribution in [2.75, 3.05) is 0 Å². The van der Waals surface area contributed by atoms with Gasteiger partial charge in [-0.15, -0.1) is 11.6 Å². The molecule has 1 aromatic rings. The van der Waals surface area contributed by atoms with Crippen LogP contribution in [0, 0.1) is 0 Å². The van der Waals surface area contributed by atoms with Crippen molar-refractivity contribution in [2.24, 2.45) is 0 Å². The molecule has 1 aliphatic rings. The molecule has 74 valence electrons. The Morgan fingerprint density at radius 2 is 1.86 bits per heavy atom. The van der Waals surface area contributed by atoms with Crippen LogP contribution in [0.15, 0.2) is 35.4 Å². The van der Waals surface area contributed by atoms with E-state index in [-0.39, 0.29) is 5.38 Å². The van der Waals surface area contributed by atoms with Crippen LogP contribution in [0.1, 0.15) is 24.8 Å². The zero-order valence-electron chi connectivity index (χ0n) is 7.84. The molecule has 0 spiro atoms. The van der Waals surface area contributed by atoms with Gasteiger partial charge in [0.25, 0.3) is 0 Å². The van der Waals surface area contributed by atoms with Gasteiger partial charge in [-0.2, -0.15) is 0 Å². The molecule has 14 heavy (non-hydrogen) atoms. The highest BCUT2D eigenvalue weighted by molar-refractivity contribution is 6.34. The largest absolute Gasteiger partial charge is 0.123 e. The second-order valence-corrected chi connectivity index (χ2v) is 4.66. The number of rotatable bonds is 1. The van der Waals surface area contributed by atoms with E-state index in [1.165, 1.54) is 11.1 Å². The van der Waals surface area contributed by atoms with Gasteiger partial charge < -0.3 is 0 Å². The Morgan fingerprint density at radius 1 is 1.14 bits per heavy atom. The van der Waals surface area contributed by atoms with E-state index in [9.17, 15) is 0 Å². The Kier molecular flexibility index (Phi) is 3.15. The molecule has 0 bridgehead atoms. The lowest BCUT2D eigenvalue weighted by Gasteiger charge is -2.20. The van der Waals surface area contributed by atoms with Gasteiger partial charge in [0.05, 0.1) is 0 Å². The van der Waals surface area contributed by atoms with E-state index in [1.54, 1.807) is 0 Å². The van der Waals surface area contributed by atoms with Crippen molar-refractivity contribution in [3.63, 3.8) is 0 Å². The first-order valence-electron chi connectivity index (χ1n) is 4.84. The van der Waals surface area contributed by atoms with Crippen LogP contribution in [0.5, 0.6) is 0 Å². The molecule has 1 aromatic carbocycles. The fraction of sp³-hybridized carbons (Fsp3) is 0.333. The first-order chi connectivity index (χ1) is 6.77. The van der Waals surface area contributed by atoms with Crippen LogP contribution < -0.4 is 0 Å². The van der Waals surface area contributed by atoms with Crippen molar-refractivity contribution in [1.82, 2.24) is 0 Å². The van der Waals surface area contributed by atoms with Crippen molar-refractivity contribution in [1.29, 1.82) is 0 Å². The molecule has 0 aliphatic heterocycles. The summed E-state index contributed by atoms with van der Waals surface area (Å²) >= 11 is 12.3. The van der Waals surface area contributed by atoms with Gasteiger partial charge in [0.2, 0.25) is 0 Å². The number of halogens is 2. The number of alkyl halides is 1. The lowest BCUT2D eigenvalue weighted by atomic mass is 9.93. The molecule has 0 nitrogen and oxygen atoms in total. The predicted octanol–water partition coefficient (Wildman–Crippen LogP) is 4.43. The molecule has 0 N–H and O–H groups in total. The zero-order valence-corrected chi connectivity index (χ0v) is 9.35. The maximum Gasteiger partial charge on any atom is 0.0388 e. The molecule has 0 amide bonds. The molecule has 2 rings (SSSR count). The van der Waals surface area contributed by atoms with E-state index in [0.29, 0.717) is 0 Å². The van der Waals surface area contributed by atoms with Gasteiger partial charge in [-0.05, 0) is 30.4 Å². The van der Waals surface area contributed by atoms with Gasteiger partial charge >= 0.3 is 0 Å². The average molecular weight is 227 g/mol. The molecule has 0 fully saturated rings. The maximum atomic E-state index is 6.21. The fourth-order valence-electron chi connectivity index (χ4n) is 1.80. The summed E-state index contributed by atoms with van der Waals surface area (Å²) in [5, 5.41) is 1.15. The average Bonchev–Trinajstić information content (AvgIpc) is 2.19. The van der Waals surface area contributed by atoms with Crippen molar-refractivity contribution >= 4 is 28.8 Å². The van der Waals surface area contributed by atoms with Crippen LogP contribution in [-0.4, -0.2) is 5.38 Å². The lowest BCUT2D eigenvalue weighted by molar-refractivity contribution is 0.743. The van der Waals surface area contributed by atoms with E-state index < -0.39 is 0 Å². The molecule has 0 saturated carbocycles. The predicted molar refractivity (Wildman–Crippen MR) is 62.7 cm³/mol. The van der Waals surface area contributed by atoms with Crippen LogP contribution in [0.2, 0.25) is 0 Å². The zero-order chi connectivity index (χ0) is 9.97. The Labute approximate surface area is 94.5 Å². The summed E-state index contributed by atoms with van der Waals surface area (Å²) in [6.07, 6.45) is 2.84. The van der Waals surface area contributed by atoms with Gasteiger partial charge in [0, 0.05) is 10.4 Å². The second-order valence-electron chi connectivity index (χ2n) is 3.59. The molecular weight excluding hydrogens is 215 g/mol. The van der Waals surface area contributed by atoms with Gasteiger partial charge in [-0.25, -0.2) is 0 Å². The number of hydrogen-bond acceptors (Lipinski definition) is 0. The van der Waals surface area contributed by atoms with Gasteiger partial charge in [-0.3, -0.25) is 0 Å². The maximum absolute atomic E-state index is 6.21. The molecule has 0 aromatic heterocycles. The van der Waals surface area contributed by atoms with E-state index >= 15 is 0 Å². The smallest absolute Gasteiger partial charge is 0.0388 e. The Balaban J connectivity index is 2.31. The number of allylic oxidation sites excluding steroid dienone is 2. The van der Waals surface area contributed by atoms with Crippen molar-refractivity contribution in [3.05, 3.63) is 40.9 Å². The lowest BCUT2D eigenvalue weighted by Crippen LogP contribution is -2.06. The van der Waals surface area contributed by atoms with Gasteiger partial charge in [0.1, 0.15) is 0 Å². The summed E-state index contributed by atoms with van der Waals surface area (Å²) in [6.45, 7) is 0. The molecule has 1 aliphatic carbocycles. The summed E-state index contributed by atoms with van der Waals surface area (Å²) in [7, 11) is 0. The van der Waals surface area contributed by atoms with Gasteiger partial charge in [-0.1, -0.05) is 41.9 Å². The minimum absolute atomic E-state index is 0.218. The third kappa shape index (κ3) is 2.13. The number of hydrogen-bond donors (Lipinski definition) is 0. The highest BCUT2D eigenvalue weighted by Crippen LogP contribution is 2.36. The molecule has 1 atom stereocenters. The van der Waals surface area contributed by atoms with Crippen LogP contribution in [0.25, 0.3) is 5.57 Å². The van der Waals surface area contributed by atoms with E-state index in [0.717, 1.165) is 24.3 Å². The van der Waals surface area contributed by atoms with Crippen molar-refractivity contribution in [2.45, 2.75) is 24.6 Å². The van der Waals surface area contributed by atoms with Crippen LogP contribution in [0.3, 0.4) is 0 Å². The molecule has 0 heterocycles. The number of benzene rings is 1. The highest BCUT2D eigenvalue weighted by atomic mass is 35.5. The highest BCUT2D eigenvalue weighted by Gasteiger charge is 2.18. The summed E-state index contributed by atoms with van der Waals surface area (Å²) in [6, 6.07) is 10.3. The summed E-state index contributed by atoms with van der Waals surface area (Å²) in [5.74, 6) is 0. The van der Waals surface area contributed by atoms with E-state index in [4.69, 9.17) is 23.2 Å². The monoisotopic (exact) mass is 226 g/mol. The van der Waals surface area contributed by atoms with Crippen molar-refractivity contribution in [3.8, 4) is 0 Å². The topological polar surface area (TPSA) is 0 Å². The normalized spacial score (nSPS) is 22.6. The minimum Gasteiger partial charge on any atom is -0.123 e. The molecule has 0 radical (unpaired) electrons. The SMILES string of the molecule is ClC1=C(c2ccccc2)CCC(Cl)C1. The summed E-state index contributed by atoms with van der Waals surface area (Å²) < 4.78 is 0. The van der Waals surface area contributed by atoms with Crippen molar-refractivity contribution < 1.29 is 0 Å². The molecule has 2 heteroatoms. The van der Waals surface area contributed by atoms with E-state index in [1.807, 2.05) is 18.2 Å². The third-order valence-electron chi connectivity index (χ3n) is 2.56. The molecular formula is C12H12Cl2. The molecule has 0 saturated heterocycles. The fourth-order valence-corrected chi connectivity index (χ4v) is 2.53. The minimum atomic E-state index is 0.218. The van der Waals surface area contributed by atoms with E-state index in [2.05, 4.69) is 12.1 Å². The quantitative estimate of drug-likeness (QED) is 0.622. The summed E-state index contributed by atoms with van der Waals surface area (Å²) in [5.41, 5.74) is 2.50. The molecule has 1 unspecified atom stereocenters. The Hall–Kier alpha value is -0.460. The Bertz CT molecular complexity index is 341. The second kappa shape index (κ2) is 4.37. The van der Waals surface area contributed by atoms with Crippen LogP contribution in [0.4, 0.5) is 0 Å². The van der Waals surface area contributed by atoms with Crippen LogP contribution in [-0.2, 0) is 0 Å². The standard InChI is InChI=1S/C12H12Cl2/c13-10-6-7-11(12(14)8-10)9-4-2-1-3-5-9/h1-5,10H,6-8H2. The first-order valence-corrected chi connectivity index (χ1v) is 5.66. The van der Waals surface area contributed by atoms with Gasteiger partial charge in [0.15, 0.2) is 0 Å².